The number of carboxylic acids is 1. The normalized spacial score (nSPS) is 10.3. The van der Waals surface area contributed by atoms with Crippen LogP contribution in [0.25, 0.3) is 44.4 Å². The van der Waals surface area contributed by atoms with Crippen molar-refractivity contribution in [2.75, 3.05) is 0 Å². The van der Waals surface area contributed by atoms with Gasteiger partial charge in [0.05, 0.1) is 0 Å². The molecule has 0 radical (unpaired) electrons. The van der Waals surface area contributed by atoms with E-state index in [2.05, 4.69) is 31.9 Å². The predicted octanol–water partition coefficient (Wildman–Crippen LogP) is -2.31. The topological polar surface area (TPSA) is 175 Å². The summed E-state index contributed by atoms with van der Waals surface area (Å²) < 4.78 is 12.1. The van der Waals surface area contributed by atoms with E-state index in [9.17, 15) is 24.6 Å². The second-order valence-electron chi connectivity index (χ2n) is 9.06. The van der Waals surface area contributed by atoms with Gasteiger partial charge in [-0.25, -0.2) is 4.79 Å². The Bertz CT molecular complexity index is 2110. The standard InChI is InChI=1S/C20H9Br2O5.C10H8O3.Hg.2Na.H2O/c21-13-5-11-17(7-15(13)23)27-18-8-16(24)14(22)6-12(18)19(11)9-3-1-2-4-10(9)20(25)26;1-6-4-10(12)13-9-5-7(11)2-3-8(6)9;;;;/h1-7,24H,(H,25,26);2-5,11H,1H3;;;;1H2/q;;;2*+1;/p-2. The quantitative estimate of drug-likeness (QED) is 0.115. The number of phenols is 1. The summed E-state index contributed by atoms with van der Waals surface area (Å²) in [5.74, 6) is -1.08. The Morgan fingerprint density at radius 3 is 2.25 bits per heavy atom. The first-order valence-electron chi connectivity index (χ1n) is 11.9. The van der Waals surface area contributed by atoms with Crippen molar-refractivity contribution in [1.82, 2.24) is 0 Å². The number of carbonyl (C=O) groups excluding carboxylic acids is 1. The van der Waals surface area contributed by atoms with Gasteiger partial charge in [0.2, 0.25) is 0 Å². The van der Waals surface area contributed by atoms with Crippen molar-refractivity contribution < 1.29 is 120 Å². The van der Waals surface area contributed by atoms with Crippen LogP contribution in [0.15, 0.2) is 94.1 Å². The molecule has 14 heteroatoms. The Kier molecular flexibility index (Phi) is 13.9. The Labute approximate surface area is 326 Å². The van der Waals surface area contributed by atoms with Crippen LogP contribution in [0.1, 0.15) is 15.9 Å². The van der Waals surface area contributed by atoms with Crippen molar-refractivity contribution >= 4 is 62.8 Å². The third-order valence-corrected chi connectivity index (χ3v) is 10.1. The fraction of sp³-hybridized carbons (Fsp3) is 0.0333. The van der Waals surface area contributed by atoms with Gasteiger partial charge in [-0.05, 0) is 24.6 Å². The van der Waals surface area contributed by atoms with Crippen LogP contribution in [-0.4, -0.2) is 16.6 Å². The molecule has 2 aliphatic rings. The predicted molar refractivity (Wildman–Crippen MR) is 156 cm³/mol. The molecule has 0 fully saturated rings. The molecule has 0 atom stereocenters. The van der Waals surface area contributed by atoms with E-state index in [0.29, 0.717) is 45.3 Å². The first-order valence-corrected chi connectivity index (χ1v) is 16.3. The largest absolute Gasteiger partial charge is 1.00 e. The molecule has 0 unspecified atom stereocenters. The summed E-state index contributed by atoms with van der Waals surface area (Å²) in [5.41, 5.74) is 2.57. The van der Waals surface area contributed by atoms with E-state index >= 15 is 0 Å². The number of fused-ring (bicyclic) bond motifs is 3. The van der Waals surface area contributed by atoms with E-state index in [0.717, 1.165) is 10.9 Å². The number of aromatic hydroxyl groups is 1. The minimum absolute atomic E-state index is 0. The van der Waals surface area contributed by atoms with Gasteiger partial charge in [-0.2, -0.15) is 0 Å². The fourth-order valence-corrected chi connectivity index (χ4v) is 8.10. The van der Waals surface area contributed by atoms with Gasteiger partial charge in [0.1, 0.15) is 11.3 Å². The van der Waals surface area contributed by atoms with Crippen molar-refractivity contribution in [1.29, 1.82) is 0 Å². The third kappa shape index (κ3) is 7.71. The molecule has 6 rings (SSSR count). The van der Waals surface area contributed by atoms with Crippen molar-refractivity contribution in [2.45, 2.75) is 6.92 Å². The van der Waals surface area contributed by atoms with E-state index in [-0.39, 0.29) is 119 Å². The molecule has 4 aromatic rings. The number of halogens is 2. The molecule has 3 N–H and O–H groups in total. The number of carboxylic acid groups (broad SMARTS) is 1. The average Bonchev–Trinajstić information content (AvgIpc) is 2.92. The molecule has 0 saturated heterocycles. The maximum Gasteiger partial charge on any atom is 1.00 e. The molecule has 1 aromatic heterocycles. The van der Waals surface area contributed by atoms with Crippen molar-refractivity contribution in [3.8, 4) is 33.9 Å². The van der Waals surface area contributed by atoms with Gasteiger partial charge in [0.15, 0.2) is 0 Å². The summed E-state index contributed by atoms with van der Waals surface area (Å²) in [6.07, 6.45) is 0. The van der Waals surface area contributed by atoms with Gasteiger partial charge in [0, 0.05) is 17.5 Å². The van der Waals surface area contributed by atoms with Crippen LogP contribution in [-0.2, 0) is 26.1 Å². The Morgan fingerprint density at radius 1 is 0.886 bits per heavy atom. The zero-order valence-electron chi connectivity index (χ0n) is 23.6. The molecule has 44 heavy (non-hydrogen) atoms. The first-order chi connectivity index (χ1) is 19.5. The van der Waals surface area contributed by atoms with Crippen LogP contribution in [0.2, 0.25) is 0 Å². The van der Waals surface area contributed by atoms with E-state index < -0.39 is 11.6 Å². The van der Waals surface area contributed by atoms with Crippen LogP contribution in [0.5, 0.6) is 11.5 Å². The summed E-state index contributed by atoms with van der Waals surface area (Å²) in [6, 6.07) is 17.2. The number of aromatic carboxylic acids is 1. The van der Waals surface area contributed by atoms with Gasteiger partial charge in [-0.1, -0.05) is 0 Å². The summed E-state index contributed by atoms with van der Waals surface area (Å²) in [7, 11) is 0. The van der Waals surface area contributed by atoms with Gasteiger partial charge >= 0.3 is 258 Å². The second kappa shape index (κ2) is 15.9. The van der Waals surface area contributed by atoms with Crippen LogP contribution >= 0.6 is 31.9 Å². The number of hydrogen-bond donors (Lipinski definition) is 1. The Balaban J connectivity index is 0.000000358. The molecular formula is C30H17Br2HgNa2O9. The van der Waals surface area contributed by atoms with Crippen molar-refractivity contribution in [2.24, 2.45) is 0 Å². The Hall–Kier alpha value is -1.51. The molecule has 0 amide bonds. The first kappa shape index (κ1) is 38.7. The fourth-order valence-electron chi connectivity index (χ4n) is 4.52. The minimum atomic E-state index is -1.31. The molecule has 0 bridgehead atoms. The monoisotopic (exact) mass is 927 g/mol. The number of aryl methyl sites for hydroxylation is 1. The van der Waals surface area contributed by atoms with E-state index in [4.69, 9.17) is 13.9 Å². The number of carbonyl (C=O) groups is 1. The molecule has 1 aliphatic carbocycles. The molecular weight excluding hydrogens is 911 g/mol. The molecule has 1 aliphatic heterocycles. The zero-order chi connectivity index (χ0) is 29.6. The molecule has 209 valence electrons. The van der Waals surface area contributed by atoms with Crippen LogP contribution in [0.4, 0.5) is 0 Å². The van der Waals surface area contributed by atoms with Gasteiger partial charge < -0.3 is 15.0 Å². The Morgan fingerprint density at radius 2 is 1.57 bits per heavy atom. The van der Waals surface area contributed by atoms with Gasteiger partial charge in [-0.15, -0.1) is 0 Å². The summed E-state index contributed by atoms with van der Waals surface area (Å²) >= 11 is 6.47. The molecule has 0 spiro atoms. The molecule has 2 heterocycles. The number of rotatable bonds is 2. The van der Waals surface area contributed by atoms with E-state index in [1.165, 1.54) is 24.3 Å². The van der Waals surface area contributed by atoms with Crippen LogP contribution in [0.3, 0.4) is 0 Å². The second-order valence-corrected chi connectivity index (χ2v) is 13.5. The average molecular weight is 928 g/mol. The summed E-state index contributed by atoms with van der Waals surface area (Å²) in [6.45, 7) is 1.83. The van der Waals surface area contributed by atoms with Gasteiger partial charge in [0.25, 0.3) is 0 Å². The molecule has 9 nitrogen and oxygen atoms in total. The molecule has 0 saturated carbocycles. The van der Waals surface area contributed by atoms with Crippen LogP contribution in [0, 0.1) is 6.92 Å². The zero-order valence-corrected chi connectivity index (χ0v) is 36.3. The molecule has 3 aromatic carbocycles. The third-order valence-electron chi connectivity index (χ3n) is 6.42. The van der Waals surface area contributed by atoms with E-state index in [1.54, 1.807) is 42.5 Å². The van der Waals surface area contributed by atoms with Crippen LogP contribution < -0.4 is 83.5 Å². The van der Waals surface area contributed by atoms with Crippen molar-refractivity contribution in [3.63, 3.8) is 0 Å². The number of benzene rings is 4. The number of hydrogen-bond acceptors (Lipinski definition) is 8. The van der Waals surface area contributed by atoms with Crippen molar-refractivity contribution in [3.05, 3.63) is 107 Å². The summed E-state index contributed by atoms with van der Waals surface area (Å²) in [4.78, 5) is 34.8. The maximum absolute atomic E-state index is 12.4. The number of phenolic OH excluding ortho intramolecular Hbond substituents is 1. The SMILES string of the molecule is Cc1cc(=O)oc2cc(O)ccc12.O.O=C([O-])c1ccccc1-c1c2cc(Br)c(=O)cc-2oc2[c]([Hg])c([O-])c(Br)cc12.[Na+].[Na+]. The minimum Gasteiger partial charge on any atom is 1.00 e. The smallest absolute Gasteiger partial charge is 1.00 e. The van der Waals surface area contributed by atoms with Gasteiger partial charge in [-0.3, -0.25) is 0 Å². The summed E-state index contributed by atoms with van der Waals surface area (Å²) in [5, 5.41) is 34.8. The maximum atomic E-state index is 12.4. The van der Waals surface area contributed by atoms with E-state index in [1.807, 2.05) is 6.92 Å².